The summed E-state index contributed by atoms with van der Waals surface area (Å²) < 4.78 is 45.7. The molecule has 4 aromatic heterocycles. The number of nitrogens with one attached hydrogen (secondary N) is 1. The molecule has 0 aliphatic carbocycles. The Kier molecular flexibility index (Phi) is 4.62. The summed E-state index contributed by atoms with van der Waals surface area (Å²) in [5.74, 6) is 0.441. The van der Waals surface area contributed by atoms with Crippen LogP contribution in [-0.2, 0) is 6.18 Å². The Morgan fingerprint density at radius 1 is 1.24 bits per heavy atom. The lowest BCUT2D eigenvalue weighted by Gasteiger charge is -2.10. The summed E-state index contributed by atoms with van der Waals surface area (Å²) >= 11 is 1.35. The van der Waals surface area contributed by atoms with E-state index in [4.69, 9.17) is 4.74 Å². The number of amides is 1. The Labute approximate surface area is 165 Å². The van der Waals surface area contributed by atoms with E-state index in [0.29, 0.717) is 16.5 Å². The molecule has 0 spiro atoms. The zero-order valence-corrected chi connectivity index (χ0v) is 15.5. The largest absolute Gasteiger partial charge is 0.432 e. The number of rotatable bonds is 3. The number of ether oxygens (including phenoxy) is 1. The number of hydrogen-bond acceptors (Lipinski definition) is 7. The Morgan fingerprint density at radius 3 is 2.76 bits per heavy atom. The van der Waals surface area contributed by atoms with Gasteiger partial charge >= 0.3 is 12.3 Å². The molecule has 0 saturated carbocycles. The molecule has 4 heterocycles. The van der Waals surface area contributed by atoms with Crippen molar-refractivity contribution in [1.29, 1.82) is 0 Å². The maximum absolute atomic E-state index is 13.2. The molecule has 0 aliphatic rings. The summed E-state index contributed by atoms with van der Waals surface area (Å²) in [6.07, 6.45) is -0.733. The van der Waals surface area contributed by atoms with E-state index in [1.165, 1.54) is 35.9 Å². The monoisotopic (exact) mass is 420 g/mol. The Balaban J connectivity index is 1.56. The summed E-state index contributed by atoms with van der Waals surface area (Å²) in [6.45, 7) is 1.61. The first-order valence-corrected chi connectivity index (χ1v) is 8.96. The Hall–Kier alpha value is -3.54. The summed E-state index contributed by atoms with van der Waals surface area (Å²) in [4.78, 5) is 28.4. The van der Waals surface area contributed by atoms with Crippen LogP contribution in [-0.4, -0.2) is 30.7 Å². The van der Waals surface area contributed by atoms with Crippen LogP contribution in [0.15, 0.2) is 42.3 Å². The van der Waals surface area contributed by atoms with E-state index in [-0.39, 0.29) is 16.8 Å². The maximum Gasteiger partial charge on any atom is 0.432 e. The van der Waals surface area contributed by atoms with Gasteiger partial charge in [0, 0.05) is 24.0 Å². The van der Waals surface area contributed by atoms with E-state index in [0.717, 1.165) is 10.9 Å². The number of carbonyl (C=O) groups excluding carboxylic acids is 1. The highest BCUT2D eigenvalue weighted by Crippen LogP contribution is 2.34. The van der Waals surface area contributed by atoms with Gasteiger partial charge in [-0.3, -0.25) is 9.66 Å². The van der Waals surface area contributed by atoms with Crippen molar-refractivity contribution in [1.82, 2.24) is 24.6 Å². The molecule has 148 valence electrons. The van der Waals surface area contributed by atoms with Gasteiger partial charge in [-0.1, -0.05) is 0 Å². The van der Waals surface area contributed by atoms with Crippen LogP contribution in [0.3, 0.4) is 0 Å². The van der Waals surface area contributed by atoms with Crippen LogP contribution in [0.25, 0.3) is 21.9 Å². The number of carbonyl (C=O) groups is 1. The fourth-order valence-electron chi connectivity index (χ4n) is 2.57. The van der Waals surface area contributed by atoms with Crippen molar-refractivity contribution in [2.45, 2.75) is 13.1 Å². The molecule has 1 amide bonds. The molecule has 0 unspecified atom stereocenters. The van der Waals surface area contributed by atoms with Crippen LogP contribution in [0.5, 0.6) is 5.75 Å². The molecule has 4 aromatic rings. The van der Waals surface area contributed by atoms with Crippen molar-refractivity contribution in [3.05, 3.63) is 53.6 Å². The molecule has 0 saturated heterocycles. The topological polar surface area (TPSA) is 94.8 Å². The van der Waals surface area contributed by atoms with Crippen molar-refractivity contribution >= 4 is 28.5 Å². The average molecular weight is 420 g/mol. The molecule has 29 heavy (non-hydrogen) atoms. The molecule has 0 fully saturated rings. The Morgan fingerprint density at radius 2 is 2.07 bits per heavy atom. The quantitative estimate of drug-likeness (QED) is 0.538. The van der Waals surface area contributed by atoms with Gasteiger partial charge < -0.3 is 4.74 Å². The second kappa shape index (κ2) is 7.13. The minimum atomic E-state index is -4.63. The number of fused-ring (bicyclic) bond motifs is 1. The SMILES string of the molecule is Cc1nc(-c2nccs2)ncc1OC(=O)Nn1cc(C(F)(F)F)c2ncccc21. The molecule has 0 atom stereocenters. The minimum Gasteiger partial charge on any atom is -0.406 e. The van der Waals surface area contributed by atoms with Gasteiger partial charge in [0.05, 0.1) is 17.4 Å². The molecule has 1 N–H and O–H groups in total. The second-order valence-corrected chi connectivity index (χ2v) is 6.66. The van der Waals surface area contributed by atoms with Crippen LogP contribution >= 0.6 is 11.3 Å². The van der Waals surface area contributed by atoms with Gasteiger partial charge in [-0.05, 0) is 19.1 Å². The van der Waals surface area contributed by atoms with E-state index in [9.17, 15) is 18.0 Å². The van der Waals surface area contributed by atoms with E-state index in [1.54, 1.807) is 18.5 Å². The summed E-state index contributed by atoms with van der Waals surface area (Å²) in [7, 11) is 0. The lowest BCUT2D eigenvalue weighted by Crippen LogP contribution is -2.25. The molecule has 4 rings (SSSR count). The zero-order chi connectivity index (χ0) is 20.6. The second-order valence-electron chi connectivity index (χ2n) is 5.76. The van der Waals surface area contributed by atoms with Gasteiger partial charge in [0.2, 0.25) is 0 Å². The molecule has 8 nitrogen and oxygen atoms in total. The third-order valence-electron chi connectivity index (χ3n) is 3.84. The maximum atomic E-state index is 13.2. The molecular formula is C17H11F3N6O2S. The fourth-order valence-corrected chi connectivity index (χ4v) is 3.15. The summed E-state index contributed by atoms with van der Waals surface area (Å²) in [6, 6.07) is 2.86. The number of aromatic nitrogens is 5. The highest BCUT2D eigenvalue weighted by Gasteiger charge is 2.35. The van der Waals surface area contributed by atoms with Crippen molar-refractivity contribution in [2.75, 3.05) is 5.43 Å². The van der Waals surface area contributed by atoms with E-state index < -0.39 is 17.8 Å². The third kappa shape index (κ3) is 3.74. The first kappa shape index (κ1) is 18.8. The highest BCUT2D eigenvalue weighted by molar-refractivity contribution is 7.12. The number of nitrogens with zero attached hydrogens (tertiary/aromatic N) is 5. The van der Waals surface area contributed by atoms with E-state index >= 15 is 0 Å². The summed E-state index contributed by atoms with van der Waals surface area (Å²) in [5.41, 5.74) is 1.43. The number of thiazole rings is 1. The summed E-state index contributed by atoms with van der Waals surface area (Å²) in [5, 5.41) is 2.38. The van der Waals surface area contributed by atoms with Crippen LogP contribution in [0, 0.1) is 6.92 Å². The number of alkyl halides is 3. The third-order valence-corrected chi connectivity index (χ3v) is 4.61. The molecule has 0 radical (unpaired) electrons. The van der Waals surface area contributed by atoms with Crippen LogP contribution in [0.4, 0.5) is 18.0 Å². The van der Waals surface area contributed by atoms with Gasteiger partial charge in [-0.2, -0.15) is 13.2 Å². The smallest absolute Gasteiger partial charge is 0.406 e. The normalized spacial score (nSPS) is 11.6. The van der Waals surface area contributed by atoms with Crippen LogP contribution < -0.4 is 10.2 Å². The minimum absolute atomic E-state index is 0.0634. The van der Waals surface area contributed by atoms with Gasteiger partial charge in [-0.15, -0.1) is 11.3 Å². The van der Waals surface area contributed by atoms with E-state index in [2.05, 4.69) is 25.4 Å². The van der Waals surface area contributed by atoms with Gasteiger partial charge in [0.25, 0.3) is 0 Å². The molecule has 0 bridgehead atoms. The van der Waals surface area contributed by atoms with Gasteiger partial charge in [0.15, 0.2) is 16.6 Å². The van der Waals surface area contributed by atoms with Crippen molar-refractivity contribution in [2.24, 2.45) is 0 Å². The number of aryl methyl sites for hydroxylation is 1. The fraction of sp³-hybridized carbons (Fsp3) is 0.118. The molecule has 12 heteroatoms. The number of hydrogen-bond donors (Lipinski definition) is 1. The van der Waals surface area contributed by atoms with Crippen molar-refractivity contribution in [3.8, 4) is 16.6 Å². The number of pyridine rings is 1. The highest BCUT2D eigenvalue weighted by atomic mass is 32.1. The lowest BCUT2D eigenvalue weighted by molar-refractivity contribution is -0.136. The Bertz CT molecular complexity index is 1190. The van der Waals surface area contributed by atoms with Gasteiger partial charge in [-0.25, -0.2) is 25.2 Å². The molecule has 0 aliphatic heterocycles. The lowest BCUT2D eigenvalue weighted by atomic mass is 10.2. The van der Waals surface area contributed by atoms with Crippen LogP contribution in [0.2, 0.25) is 0 Å². The van der Waals surface area contributed by atoms with Crippen LogP contribution in [0.1, 0.15) is 11.3 Å². The average Bonchev–Trinajstić information content (AvgIpc) is 3.32. The first-order chi connectivity index (χ1) is 13.8. The number of halogens is 3. The standard InChI is InChI=1S/C17H11F3N6O2S/c1-9-12(7-23-14(24-9)15-22-5-6-29-15)28-16(27)25-26-8-10(17(18,19)20)13-11(26)3-2-4-21-13/h2-8H,1H3,(H,25,27). The molecular weight excluding hydrogens is 409 g/mol. The zero-order valence-electron chi connectivity index (χ0n) is 14.6. The molecule has 0 aromatic carbocycles. The first-order valence-electron chi connectivity index (χ1n) is 8.08. The van der Waals surface area contributed by atoms with E-state index in [1.807, 2.05) is 0 Å². The predicted octanol–water partition coefficient (Wildman–Crippen LogP) is 4.02. The van der Waals surface area contributed by atoms with Gasteiger partial charge in [0.1, 0.15) is 11.1 Å². The van der Waals surface area contributed by atoms with Crippen molar-refractivity contribution < 1.29 is 22.7 Å². The van der Waals surface area contributed by atoms with Crippen molar-refractivity contribution in [3.63, 3.8) is 0 Å². The predicted molar refractivity (Wildman–Crippen MR) is 98.0 cm³/mol.